The van der Waals surface area contributed by atoms with Crippen molar-refractivity contribution in [2.45, 2.75) is 17.7 Å². The van der Waals surface area contributed by atoms with Gasteiger partial charge < -0.3 is 10.3 Å². The van der Waals surface area contributed by atoms with E-state index in [1.165, 1.54) is 0 Å². The lowest BCUT2D eigenvalue weighted by Gasteiger charge is -1.97. The molecule has 2 N–H and O–H groups in total. The summed E-state index contributed by atoms with van der Waals surface area (Å²) in [6.45, 7) is 1.88. The molecule has 78 valence electrons. The summed E-state index contributed by atoms with van der Waals surface area (Å²) in [7, 11) is 0. The Labute approximate surface area is 91.9 Å². The highest BCUT2D eigenvalue weighted by Gasteiger charge is 2.02. The van der Waals surface area contributed by atoms with Crippen LogP contribution < -0.4 is 5.73 Å². The maximum atomic E-state index is 5.54. The second-order valence-electron chi connectivity index (χ2n) is 3.15. The van der Waals surface area contributed by atoms with Crippen molar-refractivity contribution in [3.8, 4) is 0 Å². The number of nitrogens with two attached hydrogens (primary N) is 1. The number of anilines is 1. The summed E-state index contributed by atoms with van der Waals surface area (Å²) in [5.74, 6) is 1.59. The molecule has 5 heteroatoms. The van der Waals surface area contributed by atoms with E-state index in [-0.39, 0.29) is 0 Å². The van der Waals surface area contributed by atoms with Crippen LogP contribution in [-0.4, -0.2) is 10.1 Å². The van der Waals surface area contributed by atoms with E-state index in [1.54, 1.807) is 18.0 Å². The van der Waals surface area contributed by atoms with Crippen LogP contribution in [0.15, 0.2) is 33.9 Å². The molecule has 0 aliphatic carbocycles. The van der Waals surface area contributed by atoms with Gasteiger partial charge in [-0.15, -0.1) is 0 Å². The van der Waals surface area contributed by atoms with Gasteiger partial charge in [0.2, 0.25) is 0 Å². The van der Waals surface area contributed by atoms with Gasteiger partial charge in [-0.2, -0.15) is 0 Å². The van der Waals surface area contributed by atoms with Crippen LogP contribution in [0.2, 0.25) is 0 Å². The smallest absolute Gasteiger partial charge is 0.133 e. The van der Waals surface area contributed by atoms with Crippen molar-refractivity contribution in [3.05, 3.63) is 35.9 Å². The van der Waals surface area contributed by atoms with Gasteiger partial charge >= 0.3 is 0 Å². The highest BCUT2D eigenvalue weighted by atomic mass is 32.2. The number of nitrogen functional groups attached to an aromatic ring is 1. The summed E-state index contributed by atoms with van der Waals surface area (Å²) in [6.07, 6.45) is 1.65. The van der Waals surface area contributed by atoms with Gasteiger partial charge in [-0.3, -0.25) is 0 Å². The van der Waals surface area contributed by atoms with Gasteiger partial charge in [0.25, 0.3) is 0 Å². The molecule has 15 heavy (non-hydrogen) atoms. The zero-order valence-electron chi connectivity index (χ0n) is 8.30. The molecule has 0 fully saturated rings. The Balaban J connectivity index is 1.96. The molecule has 0 saturated heterocycles. The molecule has 0 atom stereocenters. The van der Waals surface area contributed by atoms with Gasteiger partial charge in [-0.25, -0.2) is 4.98 Å². The molecular formula is C10H11N3OS. The predicted octanol–water partition coefficient (Wildman–Crippen LogP) is 2.25. The number of aromatic nitrogens is 2. The summed E-state index contributed by atoms with van der Waals surface area (Å²) in [5.41, 5.74) is 7.14. The highest BCUT2D eigenvalue weighted by Crippen LogP contribution is 2.20. The van der Waals surface area contributed by atoms with Crippen molar-refractivity contribution in [2.75, 3.05) is 5.73 Å². The van der Waals surface area contributed by atoms with E-state index in [4.69, 9.17) is 10.3 Å². The van der Waals surface area contributed by atoms with E-state index >= 15 is 0 Å². The quantitative estimate of drug-likeness (QED) is 0.805. The topological polar surface area (TPSA) is 64.9 Å². The van der Waals surface area contributed by atoms with Gasteiger partial charge in [0.1, 0.15) is 5.76 Å². The van der Waals surface area contributed by atoms with Crippen molar-refractivity contribution in [3.63, 3.8) is 0 Å². The van der Waals surface area contributed by atoms with Gasteiger partial charge in [-0.05, 0) is 19.1 Å². The average molecular weight is 221 g/mol. The fraction of sp³-hybridized carbons (Fsp3) is 0.200. The van der Waals surface area contributed by atoms with Crippen LogP contribution in [0.3, 0.4) is 0 Å². The summed E-state index contributed by atoms with van der Waals surface area (Å²) in [6, 6.07) is 5.65. The maximum absolute atomic E-state index is 5.54. The molecule has 2 heterocycles. The van der Waals surface area contributed by atoms with E-state index in [1.807, 2.05) is 25.1 Å². The second kappa shape index (κ2) is 4.35. The molecule has 2 aromatic rings. The summed E-state index contributed by atoms with van der Waals surface area (Å²) < 4.78 is 4.97. The lowest BCUT2D eigenvalue weighted by atomic mass is 10.4. The van der Waals surface area contributed by atoms with Crippen LogP contribution in [0.5, 0.6) is 0 Å². The number of aryl methyl sites for hydroxylation is 1. The lowest BCUT2D eigenvalue weighted by Crippen LogP contribution is -1.87. The van der Waals surface area contributed by atoms with Crippen molar-refractivity contribution in [2.24, 2.45) is 0 Å². The number of hydrogen-bond acceptors (Lipinski definition) is 5. The number of nitrogens with zero attached hydrogens (tertiary/aromatic N) is 2. The minimum absolute atomic E-state index is 0.677. The van der Waals surface area contributed by atoms with Gasteiger partial charge in [0.15, 0.2) is 0 Å². The summed E-state index contributed by atoms with van der Waals surface area (Å²) in [4.78, 5) is 4.18. The van der Waals surface area contributed by atoms with Crippen molar-refractivity contribution >= 4 is 17.4 Å². The summed E-state index contributed by atoms with van der Waals surface area (Å²) in [5, 5.41) is 4.84. The number of pyridine rings is 1. The zero-order chi connectivity index (χ0) is 10.7. The Morgan fingerprint density at radius 1 is 1.47 bits per heavy atom. The van der Waals surface area contributed by atoms with Crippen LogP contribution in [0.25, 0.3) is 0 Å². The first kappa shape index (κ1) is 10.0. The van der Waals surface area contributed by atoms with Crippen molar-refractivity contribution in [1.82, 2.24) is 10.1 Å². The SMILES string of the molecule is Cc1cc(CSc2ccc(N)cn2)no1. The Bertz CT molecular complexity index is 438. The molecule has 2 rings (SSSR count). The molecule has 2 aromatic heterocycles. The number of thioether (sulfide) groups is 1. The first-order valence-corrected chi connectivity index (χ1v) is 5.49. The number of rotatable bonds is 3. The predicted molar refractivity (Wildman–Crippen MR) is 59.5 cm³/mol. The molecule has 0 amide bonds. The molecule has 0 unspecified atom stereocenters. The van der Waals surface area contributed by atoms with E-state index < -0.39 is 0 Å². The van der Waals surface area contributed by atoms with Crippen molar-refractivity contribution in [1.29, 1.82) is 0 Å². The first-order chi connectivity index (χ1) is 7.24. The van der Waals surface area contributed by atoms with Gasteiger partial charge in [-0.1, -0.05) is 16.9 Å². The lowest BCUT2D eigenvalue weighted by molar-refractivity contribution is 0.393. The second-order valence-corrected chi connectivity index (χ2v) is 4.14. The zero-order valence-corrected chi connectivity index (χ0v) is 9.12. The third-order valence-electron chi connectivity index (χ3n) is 1.80. The summed E-state index contributed by atoms with van der Waals surface area (Å²) >= 11 is 1.61. The Hall–Kier alpha value is -1.49. The highest BCUT2D eigenvalue weighted by molar-refractivity contribution is 7.98. The van der Waals surface area contributed by atoms with Crippen molar-refractivity contribution < 1.29 is 4.52 Å². The van der Waals surface area contributed by atoms with Crippen LogP contribution >= 0.6 is 11.8 Å². The Kier molecular flexibility index (Phi) is 2.91. The molecule has 0 radical (unpaired) electrons. The fourth-order valence-electron chi connectivity index (χ4n) is 1.11. The minimum atomic E-state index is 0.677. The molecule has 4 nitrogen and oxygen atoms in total. The molecule has 0 spiro atoms. The Morgan fingerprint density at radius 3 is 2.93 bits per heavy atom. The standard InChI is InChI=1S/C10H11N3OS/c1-7-4-9(13-14-7)6-15-10-3-2-8(11)5-12-10/h2-5H,6,11H2,1H3. The minimum Gasteiger partial charge on any atom is -0.397 e. The van der Waals surface area contributed by atoms with Crippen LogP contribution in [0, 0.1) is 6.92 Å². The Morgan fingerprint density at radius 2 is 2.33 bits per heavy atom. The van der Waals surface area contributed by atoms with Crippen LogP contribution in [0.4, 0.5) is 5.69 Å². The third-order valence-corrected chi connectivity index (χ3v) is 2.78. The van der Waals surface area contributed by atoms with E-state index in [0.29, 0.717) is 5.69 Å². The molecular weight excluding hydrogens is 210 g/mol. The fourth-order valence-corrected chi connectivity index (χ4v) is 1.83. The third kappa shape index (κ3) is 2.73. The average Bonchev–Trinajstić information content (AvgIpc) is 2.64. The molecule has 0 aliphatic heterocycles. The van der Waals surface area contributed by atoms with Gasteiger partial charge in [0, 0.05) is 11.8 Å². The van der Waals surface area contributed by atoms with E-state index in [0.717, 1.165) is 22.2 Å². The maximum Gasteiger partial charge on any atom is 0.133 e. The molecule has 0 saturated carbocycles. The van der Waals surface area contributed by atoms with E-state index in [9.17, 15) is 0 Å². The van der Waals surface area contributed by atoms with Crippen LogP contribution in [0.1, 0.15) is 11.5 Å². The van der Waals surface area contributed by atoms with E-state index in [2.05, 4.69) is 10.1 Å². The molecule has 0 bridgehead atoms. The number of hydrogen-bond donors (Lipinski definition) is 1. The normalized spacial score (nSPS) is 10.5. The monoisotopic (exact) mass is 221 g/mol. The largest absolute Gasteiger partial charge is 0.397 e. The molecule has 0 aromatic carbocycles. The first-order valence-electron chi connectivity index (χ1n) is 4.50. The molecule has 0 aliphatic rings. The van der Waals surface area contributed by atoms with Crippen LogP contribution in [-0.2, 0) is 5.75 Å². The van der Waals surface area contributed by atoms with Gasteiger partial charge in [0.05, 0.1) is 22.6 Å².